The molecule has 1 aromatic carbocycles. The van der Waals surface area contributed by atoms with Gasteiger partial charge >= 0.3 is 0 Å². The minimum absolute atomic E-state index is 0.00413. The molecule has 20 heavy (non-hydrogen) atoms. The van der Waals surface area contributed by atoms with Crippen LogP contribution in [-0.4, -0.2) is 22.6 Å². The lowest BCUT2D eigenvalue weighted by Crippen LogP contribution is -2.31. The van der Waals surface area contributed by atoms with Crippen LogP contribution in [0, 0.1) is 10.1 Å². The molecule has 0 heterocycles. The molecular weight excluding hydrogens is 276 g/mol. The highest BCUT2D eigenvalue weighted by atomic mass is 32.2. The molecule has 1 N–H and O–H groups in total. The summed E-state index contributed by atoms with van der Waals surface area (Å²) in [6.45, 7) is 4.66. The normalized spacial score (nSPS) is 11.9. The predicted molar refractivity (Wildman–Crippen MR) is 81.0 cm³/mol. The van der Waals surface area contributed by atoms with E-state index in [2.05, 4.69) is 12.2 Å². The monoisotopic (exact) mass is 296 g/mol. The van der Waals surface area contributed by atoms with Gasteiger partial charge in [0.25, 0.3) is 5.69 Å². The number of rotatable bonds is 8. The van der Waals surface area contributed by atoms with Crippen LogP contribution in [0.5, 0.6) is 0 Å². The molecule has 1 amide bonds. The molecule has 0 aromatic heterocycles. The molecule has 0 spiro atoms. The molecule has 1 atom stereocenters. The highest BCUT2D eigenvalue weighted by Crippen LogP contribution is 2.25. The molecule has 0 fully saturated rings. The lowest BCUT2D eigenvalue weighted by atomic mass is 10.2. The molecule has 1 rings (SSSR count). The number of amides is 1. The highest BCUT2D eigenvalue weighted by Gasteiger charge is 2.14. The summed E-state index contributed by atoms with van der Waals surface area (Å²) in [6, 6.07) is 6.25. The molecule has 6 heteroatoms. The van der Waals surface area contributed by atoms with Crippen molar-refractivity contribution in [1.82, 2.24) is 5.32 Å². The van der Waals surface area contributed by atoms with E-state index >= 15 is 0 Å². The van der Waals surface area contributed by atoms with Crippen molar-refractivity contribution in [2.45, 2.75) is 43.3 Å². The van der Waals surface area contributed by atoms with E-state index in [0.717, 1.165) is 24.2 Å². The summed E-state index contributed by atoms with van der Waals surface area (Å²) in [7, 11) is 0. The number of nitrogens with zero attached hydrogens (tertiary/aromatic N) is 1. The quantitative estimate of drug-likeness (QED) is 0.345. The molecule has 0 aliphatic heterocycles. The van der Waals surface area contributed by atoms with Crippen LogP contribution in [0.15, 0.2) is 29.2 Å². The maximum Gasteiger partial charge on any atom is 0.269 e. The third-order valence-electron chi connectivity index (χ3n) is 2.81. The average Bonchev–Trinajstić information content (AvgIpc) is 2.44. The summed E-state index contributed by atoms with van der Waals surface area (Å²) in [5.41, 5.74) is 0.0611. The smallest absolute Gasteiger partial charge is 0.269 e. The van der Waals surface area contributed by atoms with Crippen molar-refractivity contribution >= 4 is 23.4 Å². The van der Waals surface area contributed by atoms with Gasteiger partial charge in [0.2, 0.25) is 5.91 Å². The molecule has 5 nitrogen and oxygen atoms in total. The van der Waals surface area contributed by atoms with Gasteiger partial charge in [0.1, 0.15) is 0 Å². The molecule has 1 aromatic rings. The van der Waals surface area contributed by atoms with Crippen molar-refractivity contribution in [2.24, 2.45) is 0 Å². The summed E-state index contributed by atoms with van der Waals surface area (Å²) >= 11 is 1.40. The lowest BCUT2D eigenvalue weighted by Gasteiger charge is -2.11. The number of benzene rings is 1. The molecule has 0 aliphatic rings. The number of nitrogens with one attached hydrogen (secondary N) is 1. The van der Waals surface area contributed by atoms with E-state index in [4.69, 9.17) is 0 Å². The third-order valence-corrected chi connectivity index (χ3v) is 3.92. The van der Waals surface area contributed by atoms with Crippen molar-refractivity contribution < 1.29 is 9.72 Å². The zero-order valence-corrected chi connectivity index (χ0v) is 12.6. The molecule has 110 valence electrons. The Morgan fingerprint density at radius 2 is 2.00 bits per heavy atom. The first-order chi connectivity index (χ1) is 9.54. The SMILES string of the molecule is CCCCCNC(=O)C(C)Sc1ccc([N+](=O)[O-])cc1. The minimum atomic E-state index is -0.432. The van der Waals surface area contributed by atoms with Crippen LogP contribution < -0.4 is 5.32 Å². The summed E-state index contributed by atoms with van der Waals surface area (Å²) in [5, 5.41) is 13.2. The van der Waals surface area contributed by atoms with Crippen molar-refractivity contribution in [2.75, 3.05) is 6.54 Å². The Hall–Kier alpha value is -1.56. The van der Waals surface area contributed by atoms with Gasteiger partial charge in [-0.05, 0) is 25.5 Å². The summed E-state index contributed by atoms with van der Waals surface area (Å²) in [5.74, 6) is 0.00413. The van der Waals surface area contributed by atoms with Crippen LogP contribution in [0.25, 0.3) is 0 Å². The molecule has 0 saturated carbocycles. The van der Waals surface area contributed by atoms with Crippen LogP contribution in [-0.2, 0) is 4.79 Å². The summed E-state index contributed by atoms with van der Waals surface area (Å²) in [6.07, 6.45) is 3.24. The van der Waals surface area contributed by atoms with Gasteiger partial charge in [-0.1, -0.05) is 19.8 Å². The zero-order chi connectivity index (χ0) is 15.0. The number of hydrogen-bond donors (Lipinski definition) is 1. The van der Waals surface area contributed by atoms with Gasteiger partial charge in [-0.15, -0.1) is 11.8 Å². The minimum Gasteiger partial charge on any atom is -0.355 e. The van der Waals surface area contributed by atoms with Crippen LogP contribution in [0.1, 0.15) is 33.1 Å². The first-order valence-corrected chi connectivity index (χ1v) is 7.61. The number of carbonyl (C=O) groups excluding carboxylic acids is 1. The van der Waals surface area contributed by atoms with Gasteiger partial charge in [0, 0.05) is 23.6 Å². The van der Waals surface area contributed by atoms with Gasteiger partial charge in [0.05, 0.1) is 10.2 Å². The number of nitro benzene ring substituents is 1. The number of hydrogen-bond acceptors (Lipinski definition) is 4. The molecule has 0 saturated heterocycles. The van der Waals surface area contributed by atoms with Crippen LogP contribution in [0.2, 0.25) is 0 Å². The van der Waals surface area contributed by atoms with Gasteiger partial charge in [0.15, 0.2) is 0 Å². The Bertz CT molecular complexity index is 448. The number of thioether (sulfide) groups is 1. The molecular formula is C14H20N2O3S. The van der Waals surface area contributed by atoms with Crippen LogP contribution in [0.4, 0.5) is 5.69 Å². The summed E-state index contributed by atoms with van der Waals surface area (Å²) < 4.78 is 0. The Morgan fingerprint density at radius 1 is 1.35 bits per heavy atom. The molecule has 1 unspecified atom stereocenters. The van der Waals surface area contributed by atoms with E-state index in [0.29, 0.717) is 6.54 Å². The number of carbonyl (C=O) groups is 1. The summed E-state index contributed by atoms with van der Waals surface area (Å²) in [4.78, 5) is 22.8. The Labute approximate surface area is 123 Å². The van der Waals surface area contributed by atoms with Crippen molar-refractivity contribution in [3.8, 4) is 0 Å². The average molecular weight is 296 g/mol. The van der Waals surface area contributed by atoms with Gasteiger partial charge in [-0.25, -0.2) is 0 Å². The van der Waals surface area contributed by atoms with Gasteiger partial charge in [-0.3, -0.25) is 14.9 Å². The van der Waals surface area contributed by atoms with Gasteiger partial charge in [-0.2, -0.15) is 0 Å². The molecule has 0 radical (unpaired) electrons. The Kier molecular flexibility index (Phi) is 7.08. The fraction of sp³-hybridized carbons (Fsp3) is 0.500. The largest absolute Gasteiger partial charge is 0.355 e. The van der Waals surface area contributed by atoms with Gasteiger partial charge < -0.3 is 5.32 Å². The second kappa shape index (κ2) is 8.58. The predicted octanol–water partition coefficient (Wildman–Crippen LogP) is 3.38. The van der Waals surface area contributed by atoms with Crippen molar-refractivity contribution in [1.29, 1.82) is 0 Å². The second-order valence-corrected chi connectivity index (χ2v) is 5.92. The molecule has 0 aliphatic carbocycles. The van der Waals surface area contributed by atoms with E-state index < -0.39 is 4.92 Å². The third kappa shape index (κ3) is 5.61. The first-order valence-electron chi connectivity index (χ1n) is 6.73. The zero-order valence-electron chi connectivity index (χ0n) is 11.8. The van der Waals surface area contributed by atoms with Crippen LogP contribution >= 0.6 is 11.8 Å². The second-order valence-electron chi connectivity index (χ2n) is 4.51. The van der Waals surface area contributed by atoms with Crippen LogP contribution in [0.3, 0.4) is 0 Å². The van der Waals surface area contributed by atoms with Crippen molar-refractivity contribution in [3.05, 3.63) is 34.4 Å². The van der Waals surface area contributed by atoms with E-state index in [1.165, 1.54) is 23.9 Å². The van der Waals surface area contributed by atoms with E-state index in [1.54, 1.807) is 12.1 Å². The molecule has 0 bridgehead atoms. The topological polar surface area (TPSA) is 72.2 Å². The fourth-order valence-corrected chi connectivity index (χ4v) is 2.53. The number of nitro groups is 1. The lowest BCUT2D eigenvalue weighted by molar-refractivity contribution is -0.384. The fourth-order valence-electron chi connectivity index (χ4n) is 1.63. The number of non-ortho nitro benzene ring substituents is 1. The Morgan fingerprint density at radius 3 is 2.55 bits per heavy atom. The standard InChI is InChI=1S/C14H20N2O3S/c1-3-4-5-10-15-14(17)11(2)20-13-8-6-12(7-9-13)16(18)19/h6-9,11H,3-5,10H2,1-2H3,(H,15,17). The first kappa shape index (κ1) is 16.5. The van der Waals surface area contributed by atoms with E-state index in [1.807, 2.05) is 6.92 Å². The maximum absolute atomic E-state index is 11.8. The highest BCUT2D eigenvalue weighted by molar-refractivity contribution is 8.00. The number of unbranched alkanes of at least 4 members (excludes halogenated alkanes) is 2. The maximum atomic E-state index is 11.8. The van der Waals surface area contributed by atoms with Crippen molar-refractivity contribution in [3.63, 3.8) is 0 Å². The van der Waals surface area contributed by atoms with E-state index in [-0.39, 0.29) is 16.8 Å². The van der Waals surface area contributed by atoms with E-state index in [9.17, 15) is 14.9 Å². The Balaban J connectivity index is 2.42.